The van der Waals surface area contributed by atoms with E-state index in [0.717, 1.165) is 0 Å². The van der Waals surface area contributed by atoms with Crippen molar-refractivity contribution in [2.75, 3.05) is 6.54 Å². The van der Waals surface area contributed by atoms with Gasteiger partial charge in [0.25, 0.3) is 0 Å². The van der Waals surface area contributed by atoms with Crippen LogP contribution in [-0.2, 0) is 20.1 Å². The Kier molecular flexibility index (Phi) is 5.59. The first-order chi connectivity index (χ1) is 3.06. The van der Waals surface area contributed by atoms with Crippen molar-refractivity contribution in [1.29, 1.82) is 0 Å². The minimum atomic E-state index is 0. The molecule has 0 aromatic rings. The van der Waals surface area contributed by atoms with Gasteiger partial charge in [-0.3, -0.25) is 0 Å². The van der Waals surface area contributed by atoms with Crippen molar-refractivity contribution in [3.8, 4) is 0 Å². The van der Waals surface area contributed by atoms with E-state index in [1.165, 1.54) is 0 Å². The molecule has 1 nitrogen and oxygen atoms in total. The van der Waals surface area contributed by atoms with Crippen molar-refractivity contribution in [2.24, 2.45) is 5.41 Å². The van der Waals surface area contributed by atoms with Gasteiger partial charge in [-0.2, -0.15) is 0 Å². The molecule has 1 radical (unpaired) electrons. The van der Waals surface area contributed by atoms with Gasteiger partial charge in [-0.1, -0.05) is 20.8 Å². The van der Waals surface area contributed by atoms with Crippen LogP contribution in [-0.4, -0.2) is 6.54 Å². The Bertz CT molecular complexity index is 85.7. The molecule has 0 heterocycles. The number of rotatable bonds is 0. The first kappa shape index (κ1) is 11.0. The molecule has 0 fully saturated rings. The molecule has 8 heavy (non-hydrogen) atoms. The van der Waals surface area contributed by atoms with Gasteiger partial charge in [0, 0.05) is 25.5 Å². The average Bonchev–Trinajstić information content (AvgIpc) is 1.30. The maximum absolute atomic E-state index is 6.48. The van der Waals surface area contributed by atoms with Crippen molar-refractivity contribution < 1.29 is 20.1 Å². The molecule has 0 amide bonds. The Morgan fingerprint density at radius 2 is 1.75 bits per heavy atom. The zero-order chi connectivity index (χ0) is 5.91. The van der Waals surface area contributed by atoms with Crippen LogP contribution < -0.4 is 0 Å². The van der Waals surface area contributed by atoms with Gasteiger partial charge in [-0.15, -0.1) is 0 Å². The van der Waals surface area contributed by atoms with Crippen LogP contribution in [0.15, 0.2) is 0 Å². The van der Waals surface area contributed by atoms with E-state index in [2.05, 4.69) is 25.6 Å². The summed E-state index contributed by atoms with van der Waals surface area (Å²) in [5, 5.41) is 0. The zero-order valence-electron chi connectivity index (χ0n) is 5.53. The largest absolute Gasteiger partial charge is 0.316 e. The monoisotopic (exact) mass is 194 g/mol. The maximum Gasteiger partial charge on any atom is 0.219 e. The molecule has 0 aromatic carbocycles. The maximum atomic E-state index is 6.48. The first-order valence-electron chi connectivity index (χ1n) is 2.39. The van der Waals surface area contributed by atoms with Crippen molar-refractivity contribution in [1.82, 2.24) is 0 Å². The summed E-state index contributed by atoms with van der Waals surface area (Å²) < 4.78 is 0. The molecule has 0 aliphatic rings. The van der Waals surface area contributed by atoms with E-state index < -0.39 is 0 Å². The summed E-state index contributed by atoms with van der Waals surface area (Å²) >= 11 is 0. The van der Waals surface area contributed by atoms with Gasteiger partial charge in [0.15, 0.2) is 0 Å². The summed E-state index contributed by atoms with van der Waals surface area (Å²) in [4.78, 5) is 3.26. The molecular formula is C6H11NTc. The molecule has 47 valence electrons. The van der Waals surface area contributed by atoms with Crippen LogP contribution in [0.1, 0.15) is 20.8 Å². The Balaban J connectivity index is 0. The van der Waals surface area contributed by atoms with Gasteiger partial charge in [0.2, 0.25) is 6.54 Å². The van der Waals surface area contributed by atoms with Crippen LogP contribution in [0.5, 0.6) is 0 Å². The van der Waals surface area contributed by atoms with Gasteiger partial charge < -0.3 is 4.85 Å². The van der Waals surface area contributed by atoms with Gasteiger partial charge in [0.1, 0.15) is 0 Å². The van der Waals surface area contributed by atoms with E-state index in [9.17, 15) is 0 Å². The zero-order valence-corrected chi connectivity index (χ0v) is 7.39. The molecule has 0 aromatic heterocycles. The first-order valence-corrected chi connectivity index (χ1v) is 2.39. The quantitative estimate of drug-likeness (QED) is 0.520. The minimum absolute atomic E-state index is 0. The third kappa shape index (κ3) is 9.46. The molecule has 0 spiro atoms. The Morgan fingerprint density at radius 3 is 1.75 bits per heavy atom. The van der Waals surface area contributed by atoms with Gasteiger partial charge >= 0.3 is 0 Å². The van der Waals surface area contributed by atoms with Crippen LogP contribution in [0.4, 0.5) is 0 Å². The molecule has 0 aliphatic carbocycles. The fraction of sp³-hybridized carbons (Fsp3) is 0.833. The molecule has 0 saturated heterocycles. The molecule has 0 N–H and O–H groups in total. The summed E-state index contributed by atoms with van der Waals surface area (Å²) in [6.45, 7) is 13.3. The molecule has 0 aliphatic heterocycles. The van der Waals surface area contributed by atoms with Crippen LogP contribution in [0.25, 0.3) is 4.85 Å². The van der Waals surface area contributed by atoms with Crippen molar-refractivity contribution in [3.05, 3.63) is 11.4 Å². The van der Waals surface area contributed by atoms with Crippen molar-refractivity contribution in [2.45, 2.75) is 20.8 Å². The van der Waals surface area contributed by atoms with Crippen LogP contribution >= 0.6 is 0 Å². The number of nitrogens with zero attached hydrogens (tertiary/aromatic N) is 1. The van der Waals surface area contributed by atoms with Crippen molar-refractivity contribution in [3.63, 3.8) is 0 Å². The van der Waals surface area contributed by atoms with Crippen LogP contribution in [0, 0.1) is 12.0 Å². The third-order valence-electron chi connectivity index (χ3n) is 0.553. The van der Waals surface area contributed by atoms with E-state index >= 15 is 0 Å². The Morgan fingerprint density at radius 1 is 1.38 bits per heavy atom. The normalized spacial score (nSPS) is 9.25. The molecular weight excluding hydrogens is 184 g/mol. The van der Waals surface area contributed by atoms with E-state index in [4.69, 9.17) is 6.57 Å². The fourth-order valence-corrected chi connectivity index (χ4v) is 0.237. The molecule has 0 atom stereocenters. The number of hydrogen-bond acceptors (Lipinski definition) is 0. The minimum Gasteiger partial charge on any atom is -0.316 e. The number of hydrogen-bond donors (Lipinski definition) is 0. The second kappa shape index (κ2) is 4.06. The van der Waals surface area contributed by atoms with Gasteiger partial charge in [-0.25, -0.2) is 6.57 Å². The predicted octanol–water partition coefficient (Wildman–Crippen LogP) is 1.95. The smallest absolute Gasteiger partial charge is 0.219 e. The van der Waals surface area contributed by atoms with Gasteiger partial charge in [-0.05, 0) is 0 Å². The SMILES string of the molecule is [C-]#[N+]CC(C)(C)C.[Tc]. The van der Waals surface area contributed by atoms with E-state index in [1.807, 2.05) is 0 Å². The molecule has 0 rings (SSSR count). The summed E-state index contributed by atoms with van der Waals surface area (Å²) in [6.07, 6.45) is 0. The third-order valence-corrected chi connectivity index (χ3v) is 0.553. The summed E-state index contributed by atoms with van der Waals surface area (Å²) in [6, 6.07) is 0. The van der Waals surface area contributed by atoms with E-state index in [1.54, 1.807) is 0 Å². The molecule has 0 bridgehead atoms. The van der Waals surface area contributed by atoms with Crippen LogP contribution in [0.3, 0.4) is 0 Å². The average molecular weight is 195 g/mol. The Hall–Kier alpha value is 0.139. The second-order valence-electron chi connectivity index (χ2n) is 2.88. The Labute approximate surface area is 64.6 Å². The van der Waals surface area contributed by atoms with Crippen molar-refractivity contribution >= 4 is 0 Å². The standard InChI is InChI=1S/C6H11N.Tc/c1-6(2,3)5-7-4;/h5H2,1-3H3;. The van der Waals surface area contributed by atoms with Crippen LogP contribution in [0.2, 0.25) is 0 Å². The van der Waals surface area contributed by atoms with E-state index in [-0.39, 0.29) is 25.5 Å². The summed E-state index contributed by atoms with van der Waals surface area (Å²) in [5.74, 6) is 0. The topological polar surface area (TPSA) is 4.36 Å². The molecule has 2 heteroatoms. The summed E-state index contributed by atoms with van der Waals surface area (Å²) in [5.41, 5.74) is 0.196. The predicted molar refractivity (Wildman–Crippen MR) is 30.9 cm³/mol. The summed E-state index contributed by atoms with van der Waals surface area (Å²) in [7, 11) is 0. The van der Waals surface area contributed by atoms with Gasteiger partial charge in [0.05, 0.1) is 0 Å². The second-order valence-corrected chi connectivity index (χ2v) is 2.88. The molecule has 0 saturated carbocycles. The van der Waals surface area contributed by atoms with E-state index in [0.29, 0.717) is 6.54 Å². The fourth-order valence-electron chi connectivity index (χ4n) is 0.237. The molecule has 0 unspecified atom stereocenters.